The molecule has 14 heavy (non-hydrogen) atoms. The van der Waals surface area contributed by atoms with Crippen LogP contribution < -0.4 is 9.47 Å². The molecule has 1 aliphatic heterocycles. The summed E-state index contributed by atoms with van der Waals surface area (Å²) in [7, 11) is 1.60. The van der Waals surface area contributed by atoms with Crippen LogP contribution in [0.15, 0.2) is 12.1 Å². The molecule has 1 aliphatic rings. The summed E-state index contributed by atoms with van der Waals surface area (Å²) in [6.07, 6.45) is 2.17. The molecule has 0 fully saturated rings. The van der Waals surface area contributed by atoms with Crippen LogP contribution in [-0.4, -0.2) is 20.0 Å². The molecule has 0 radical (unpaired) electrons. The number of benzene rings is 1. The molecule has 0 saturated heterocycles. The zero-order valence-electron chi connectivity index (χ0n) is 8.08. The molecule has 0 atom stereocenters. The van der Waals surface area contributed by atoms with Gasteiger partial charge in [-0.2, -0.15) is 0 Å². The van der Waals surface area contributed by atoms with Crippen LogP contribution in [0.3, 0.4) is 0 Å². The second kappa shape index (κ2) is 3.70. The van der Waals surface area contributed by atoms with Crippen LogP contribution >= 0.6 is 0 Å². The van der Waals surface area contributed by atoms with Crippen molar-refractivity contribution in [3.05, 3.63) is 23.3 Å². The van der Waals surface area contributed by atoms with Crippen molar-refractivity contribution in [3.8, 4) is 11.5 Å². The van der Waals surface area contributed by atoms with Crippen molar-refractivity contribution in [1.29, 1.82) is 0 Å². The number of aldehydes is 1. The van der Waals surface area contributed by atoms with E-state index in [4.69, 9.17) is 9.47 Å². The van der Waals surface area contributed by atoms with Gasteiger partial charge in [-0.05, 0) is 0 Å². The van der Waals surface area contributed by atoms with Gasteiger partial charge in [-0.25, -0.2) is 0 Å². The Hall–Kier alpha value is -1.51. The summed E-state index contributed by atoms with van der Waals surface area (Å²) in [5.41, 5.74) is 2.06. The van der Waals surface area contributed by atoms with Gasteiger partial charge in [0, 0.05) is 24.0 Å². The Kier molecular flexibility index (Phi) is 2.39. The summed E-state index contributed by atoms with van der Waals surface area (Å²) in [5.74, 6) is 1.53. The molecule has 0 unspecified atom stereocenters. The van der Waals surface area contributed by atoms with Gasteiger partial charge in [-0.15, -0.1) is 0 Å². The summed E-state index contributed by atoms with van der Waals surface area (Å²) >= 11 is 0. The number of fused-ring (bicyclic) bond motifs is 1. The number of ether oxygens (including phenoxy) is 2. The number of hydrogen-bond donors (Lipinski definition) is 0. The Balaban J connectivity index is 2.47. The summed E-state index contributed by atoms with van der Waals surface area (Å²) < 4.78 is 10.7. The van der Waals surface area contributed by atoms with E-state index in [0.29, 0.717) is 18.8 Å². The normalized spacial score (nSPS) is 13.2. The van der Waals surface area contributed by atoms with E-state index in [1.807, 2.05) is 12.1 Å². The van der Waals surface area contributed by atoms with Gasteiger partial charge < -0.3 is 14.3 Å². The molecule has 74 valence electrons. The molecule has 0 aromatic heterocycles. The number of hydrogen-bond acceptors (Lipinski definition) is 3. The van der Waals surface area contributed by atoms with Gasteiger partial charge in [0.15, 0.2) is 11.5 Å². The van der Waals surface area contributed by atoms with Crippen LogP contribution in [0.4, 0.5) is 0 Å². The smallest absolute Gasteiger partial charge is 0.164 e. The van der Waals surface area contributed by atoms with Crippen LogP contribution in [-0.2, 0) is 17.6 Å². The molecule has 1 aromatic carbocycles. The van der Waals surface area contributed by atoms with Crippen molar-refractivity contribution >= 4 is 6.29 Å². The molecule has 0 saturated carbocycles. The second-order valence-electron chi connectivity index (χ2n) is 3.22. The Labute approximate surface area is 82.6 Å². The fourth-order valence-corrected chi connectivity index (χ4v) is 1.74. The summed E-state index contributed by atoms with van der Waals surface area (Å²) in [4.78, 5) is 10.4. The molecule has 0 N–H and O–H groups in total. The largest absolute Gasteiger partial charge is 0.493 e. The lowest BCUT2D eigenvalue weighted by molar-refractivity contribution is -0.107. The fraction of sp³-hybridized carbons (Fsp3) is 0.364. The molecule has 0 amide bonds. The minimum absolute atomic E-state index is 0.375. The minimum atomic E-state index is 0.375. The maximum absolute atomic E-state index is 10.4. The Bertz CT molecular complexity index is 358. The third-order valence-electron chi connectivity index (χ3n) is 2.40. The first-order valence-electron chi connectivity index (χ1n) is 4.62. The number of carbonyl (C=O) groups is 1. The van der Waals surface area contributed by atoms with Crippen molar-refractivity contribution < 1.29 is 14.3 Å². The van der Waals surface area contributed by atoms with Gasteiger partial charge in [-0.3, -0.25) is 0 Å². The van der Waals surface area contributed by atoms with E-state index in [9.17, 15) is 4.79 Å². The molecule has 1 aromatic rings. The Morgan fingerprint density at radius 3 is 3.14 bits per heavy atom. The van der Waals surface area contributed by atoms with E-state index in [1.165, 1.54) is 0 Å². The van der Waals surface area contributed by atoms with Gasteiger partial charge in [0.2, 0.25) is 0 Å². The van der Waals surface area contributed by atoms with Crippen molar-refractivity contribution in [2.24, 2.45) is 0 Å². The average Bonchev–Trinajstić information content (AvgIpc) is 2.66. The first-order chi connectivity index (χ1) is 6.86. The Morgan fingerprint density at radius 1 is 1.57 bits per heavy atom. The third kappa shape index (κ3) is 1.35. The summed E-state index contributed by atoms with van der Waals surface area (Å²) in [6, 6.07) is 3.93. The number of rotatable bonds is 3. The SMILES string of the molecule is COc1c(CC=O)ccc2c1OCC2. The van der Waals surface area contributed by atoms with Crippen LogP contribution in [0.25, 0.3) is 0 Å². The fourth-order valence-electron chi connectivity index (χ4n) is 1.74. The first-order valence-corrected chi connectivity index (χ1v) is 4.62. The number of methoxy groups -OCH3 is 1. The van der Waals surface area contributed by atoms with E-state index < -0.39 is 0 Å². The quantitative estimate of drug-likeness (QED) is 0.678. The van der Waals surface area contributed by atoms with E-state index in [0.717, 1.165) is 29.6 Å². The molecule has 0 spiro atoms. The molecule has 3 nitrogen and oxygen atoms in total. The van der Waals surface area contributed by atoms with Crippen molar-refractivity contribution in [2.75, 3.05) is 13.7 Å². The van der Waals surface area contributed by atoms with Crippen LogP contribution in [0, 0.1) is 0 Å². The standard InChI is InChI=1S/C11H12O3/c1-13-10-8(4-6-12)2-3-9-5-7-14-11(9)10/h2-3,6H,4-5,7H2,1H3. The third-order valence-corrected chi connectivity index (χ3v) is 2.40. The highest BCUT2D eigenvalue weighted by Crippen LogP contribution is 2.38. The zero-order valence-corrected chi connectivity index (χ0v) is 8.08. The maximum atomic E-state index is 10.4. The predicted molar refractivity (Wildman–Crippen MR) is 52.0 cm³/mol. The summed E-state index contributed by atoms with van der Waals surface area (Å²) in [5, 5.41) is 0. The second-order valence-corrected chi connectivity index (χ2v) is 3.22. The lowest BCUT2D eigenvalue weighted by Crippen LogP contribution is -1.96. The van der Waals surface area contributed by atoms with E-state index >= 15 is 0 Å². The van der Waals surface area contributed by atoms with Crippen LogP contribution in [0.1, 0.15) is 11.1 Å². The Morgan fingerprint density at radius 2 is 2.43 bits per heavy atom. The van der Waals surface area contributed by atoms with Crippen LogP contribution in [0.5, 0.6) is 11.5 Å². The van der Waals surface area contributed by atoms with Crippen molar-refractivity contribution in [1.82, 2.24) is 0 Å². The topological polar surface area (TPSA) is 35.5 Å². The highest BCUT2D eigenvalue weighted by molar-refractivity contribution is 5.62. The lowest BCUT2D eigenvalue weighted by Gasteiger charge is -2.10. The highest BCUT2D eigenvalue weighted by atomic mass is 16.5. The first kappa shape index (κ1) is 9.06. The molecule has 2 rings (SSSR count). The van der Waals surface area contributed by atoms with Crippen LogP contribution in [0.2, 0.25) is 0 Å². The predicted octanol–water partition coefficient (Wildman–Crippen LogP) is 1.37. The van der Waals surface area contributed by atoms with Gasteiger partial charge in [0.25, 0.3) is 0 Å². The van der Waals surface area contributed by atoms with Crippen molar-refractivity contribution in [2.45, 2.75) is 12.8 Å². The molecule has 3 heteroatoms. The molecule has 0 bridgehead atoms. The van der Waals surface area contributed by atoms with E-state index in [1.54, 1.807) is 7.11 Å². The highest BCUT2D eigenvalue weighted by Gasteiger charge is 2.19. The zero-order chi connectivity index (χ0) is 9.97. The van der Waals surface area contributed by atoms with E-state index in [2.05, 4.69) is 0 Å². The molecular formula is C11H12O3. The molecular weight excluding hydrogens is 180 g/mol. The maximum Gasteiger partial charge on any atom is 0.164 e. The average molecular weight is 192 g/mol. The molecule has 1 heterocycles. The minimum Gasteiger partial charge on any atom is -0.493 e. The van der Waals surface area contributed by atoms with E-state index in [-0.39, 0.29) is 0 Å². The number of carbonyl (C=O) groups excluding carboxylic acids is 1. The van der Waals surface area contributed by atoms with Gasteiger partial charge in [0.05, 0.1) is 13.7 Å². The van der Waals surface area contributed by atoms with Gasteiger partial charge in [0.1, 0.15) is 6.29 Å². The van der Waals surface area contributed by atoms with Gasteiger partial charge >= 0.3 is 0 Å². The van der Waals surface area contributed by atoms with Gasteiger partial charge in [-0.1, -0.05) is 12.1 Å². The lowest BCUT2D eigenvalue weighted by atomic mass is 10.1. The molecule has 0 aliphatic carbocycles. The van der Waals surface area contributed by atoms with Crippen molar-refractivity contribution in [3.63, 3.8) is 0 Å². The monoisotopic (exact) mass is 192 g/mol. The summed E-state index contributed by atoms with van der Waals surface area (Å²) in [6.45, 7) is 0.705.